The second-order valence-corrected chi connectivity index (χ2v) is 9.82. The van der Waals surface area contributed by atoms with Crippen molar-refractivity contribution < 1.29 is 14.3 Å². The number of anilines is 1. The summed E-state index contributed by atoms with van der Waals surface area (Å²) in [7, 11) is 3.86. The zero-order chi connectivity index (χ0) is 26.4. The molecular formula is C29H33ClN4O3. The van der Waals surface area contributed by atoms with E-state index in [9.17, 15) is 9.59 Å². The maximum atomic E-state index is 13.0. The highest BCUT2D eigenvalue weighted by Crippen LogP contribution is 2.33. The number of benzene rings is 2. The van der Waals surface area contributed by atoms with E-state index in [1.165, 1.54) is 6.08 Å². The molecule has 1 aliphatic rings. The van der Waals surface area contributed by atoms with E-state index >= 15 is 0 Å². The van der Waals surface area contributed by atoms with Crippen LogP contribution in [0.2, 0.25) is 5.02 Å². The van der Waals surface area contributed by atoms with Gasteiger partial charge in [0.05, 0.1) is 12.3 Å². The van der Waals surface area contributed by atoms with Gasteiger partial charge in [0.25, 0.3) is 5.91 Å². The average Bonchev–Trinajstić information content (AvgIpc) is 2.93. The second kappa shape index (κ2) is 12.3. The molecule has 7 nitrogen and oxygen atoms in total. The number of nitrogens with zero attached hydrogens (tertiary/aromatic N) is 2. The quantitative estimate of drug-likeness (QED) is 0.374. The van der Waals surface area contributed by atoms with Crippen molar-refractivity contribution in [1.82, 2.24) is 15.2 Å². The Morgan fingerprint density at radius 2 is 1.92 bits per heavy atom. The lowest BCUT2D eigenvalue weighted by Gasteiger charge is -2.34. The van der Waals surface area contributed by atoms with Crippen molar-refractivity contribution in [3.63, 3.8) is 0 Å². The van der Waals surface area contributed by atoms with E-state index in [1.54, 1.807) is 25.3 Å². The minimum absolute atomic E-state index is 0.142. The number of likely N-dealkylation sites (N-methyl/N-ethyl adjacent to an activating group) is 1. The molecule has 0 spiro atoms. The number of rotatable bonds is 9. The maximum Gasteiger partial charge on any atom is 0.270 e. The van der Waals surface area contributed by atoms with E-state index in [2.05, 4.69) is 34.1 Å². The molecule has 0 bridgehead atoms. The number of hydrogen-bond donors (Lipinski definition) is 2. The first kappa shape index (κ1) is 26.8. The molecule has 0 radical (unpaired) electrons. The minimum atomic E-state index is -0.304. The van der Waals surface area contributed by atoms with E-state index in [-0.39, 0.29) is 17.9 Å². The summed E-state index contributed by atoms with van der Waals surface area (Å²) < 4.78 is 5.19. The standard InChI is InChI=1S/C29H33ClN4O3/c1-4-28(35)33-26-15-14-24(30)22-13-8-19(18-23(22)26)25-6-5-7-27(32-25)29(36)31-20-9-11-21(12-10-20)34(2)16-17-37-3/h4-8,13-15,18,20-21H,1,9-12,16-17H2,2-3H3,(H,31,36)(H,33,35)/t20-,21+. The Kier molecular flexibility index (Phi) is 8.92. The van der Waals surface area contributed by atoms with Crippen molar-refractivity contribution in [2.24, 2.45) is 0 Å². The van der Waals surface area contributed by atoms with Gasteiger partial charge < -0.3 is 20.3 Å². The van der Waals surface area contributed by atoms with Crippen molar-refractivity contribution in [1.29, 1.82) is 0 Å². The van der Waals surface area contributed by atoms with Crippen LogP contribution in [0.4, 0.5) is 5.69 Å². The van der Waals surface area contributed by atoms with Crippen molar-refractivity contribution in [2.75, 3.05) is 32.6 Å². The predicted molar refractivity (Wildman–Crippen MR) is 149 cm³/mol. The van der Waals surface area contributed by atoms with E-state index in [0.717, 1.165) is 55.2 Å². The number of carbonyl (C=O) groups is 2. The van der Waals surface area contributed by atoms with Gasteiger partial charge in [-0.1, -0.05) is 36.4 Å². The normalized spacial score (nSPS) is 17.5. The van der Waals surface area contributed by atoms with Crippen LogP contribution in [0.3, 0.4) is 0 Å². The molecule has 0 unspecified atom stereocenters. The van der Waals surface area contributed by atoms with Crippen LogP contribution in [0.25, 0.3) is 22.0 Å². The summed E-state index contributed by atoms with van der Waals surface area (Å²) in [5.41, 5.74) is 2.49. The van der Waals surface area contributed by atoms with Gasteiger partial charge in [-0.15, -0.1) is 0 Å². The van der Waals surface area contributed by atoms with Gasteiger partial charge in [0.1, 0.15) is 5.69 Å². The van der Waals surface area contributed by atoms with E-state index in [4.69, 9.17) is 16.3 Å². The Bertz CT molecular complexity index is 1290. The fourth-order valence-electron chi connectivity index (χ4n) is 4.82. The van der Waals surface area contributed by atoms with Gasteiger partial charge in [-0.25, -0.2) is 4.98 Å². The maximum absolute atomic E-state index is 13.0. The third-order valence-corrected chi connectivity index (χ3v) is 7.32. The number of ether oxygens (including phenoxy) is 1. The highest BCUT2D eigenvalue weighted by atomic mass is 35.5. The lowest BCUT2D eigenvalue weighted by atomic mass is 9.90. The molecule has 2 amide bonds. The topological polar surface area (TPSA) is 83.6 Å². The number of fused-ring (bicyclic) bond motifs is 1. The van der Waals surface area contributed by atoms with Gasteiger partial charge >= 0.3 is 0 Å². The summed E-state index contributed by atoms with van der Waals surface area (Å²) in [6.45, 7) is 5.16. The van der Waals surface area contributed by atoms with Crippen LogP contribution in [0.5, 0.6) is 0 Å². The zero-order valence-corrected chi connectivity index (χ0v) is 22.1. The van der Waals surface area contributed by atoms with Crippen LogP contribution in [0.15, 0.2) is 61.2 Å². The van der Waals surface area contributed by atoms with Crippen molar-refractivity contribution >= 4 is 39.9 Å². The van der Waals surface area contributed by atoms with Crippen molar-refractivity contribution in [3.8, 4) is 11.3 Å². The molecule has 1 fully saturated rings. The molecule has 37 heavy (non-hydrogen) atoms. The van der Waals surface area contributed by atoms with Gasteiger partial charge in [-0.2, -0.15) is 0 Å². The summed E-state index contributed by atoms with van der Waals surface area (Å²) in [6.07, 6.45) is 5.20. The summed E-state index contributed by atoms with van der Waals surface area (Å²) in [5.74, 6) is -0.470. The van der Waals surface area contributed by atoms with E-state index < -0.39 is 0 Å². The molecule has 1 saturated carbocycles. The van der Waals surface area contributed by atoms with Crippen LogP contribution in [-0.4, -0.2) is 61.1 Å². The fourth-order valence-corrected chi connectivity index (χ4v) is 5.05. The second-order valence-electron chi connectivity index (χ2n) is 9.41. The highest BCUT2D eigenvalue weighted by molar-refractivity contribution is 6.36. The average molecular weight is 521 g/mol. The zero-order valence-electron chi connectivity index (χ0n) is 21.3. The minimum Gasteiger partial charge on any atom is -0.383 e. The SMILES string of the molecule is C=CC(=O)Nc1ccc(Cl)c2ccc(-c3cccc(C(=O)N[C@H]4CC[C@@H](N(C)CCOC)CC4)n3)cc12. The number of halogens is 1. The van der Waals surface area contributed by atoms with Crippen LogP contribution in [-0.2, 0) is 9.53 Å². The van der Waals surface area contributed by atoms with Crippen LogP contribution < -0.4 is 10.6 Å². The molecule has 194 valence electrons. The van der Waals surface area contributed by atoms with Gasteiger partial charge in [-0.05, 0) is 69.1 Å². The van der Waals surface area contributed by atoms with Crippen LogP contribution in [0.1, 0.15) is 36.2 Å². The number of hydrogen-bond acceptors (Lipinski definition) is 5. The molecular weight excluding hydrogens is 488 g/mol. The van der Waals surface area contributed by atoms with Gasteiger partial charge in [0.15, 0.2) is 0 Å². The first-order valence-corrected chi connectivity index (χ1v) is 12.9. The van der Waals surface area contributed by atoms with Gasteiger partial charge in [-0.3, -0.25) is 9.59 Å². The molecule has 0 aliphatic heterocycles. The molecule has 1 aromatic heterocycles. The molecule has 0 saturated heterocycles. The molecule has 2 aromatic carbocycles. The molecule has 0 atom stereocenters. The Hall–Kier alpha value is -3.26. The Labute approximate surface area is 222 Å². The molecule has 1 heterocycles. The third-order valence-electron chi connectivity index (χ3n) is 6.99. The Balaban J connectivity index is 1.48. The van der Waals surface area contributed by atoms with Crippen LogP contribution in [0, 0.1) is 0 Å². The number of amides is 2. The summed E-state index contributed by atoms with van der Waals surface area (Å²) >= 11 is 6.40. The molecule has 1 aliphatic carbocycles. The Morgan fingerprint density at radius 3 is 2.65 bits per heavy atom. The summed E-state index contributed by atoms with van der Waals surface area (Å²) in [5, 5.41) is 8.17. The van der Waals surface area contributed by atoms with Crippen molar-refractivity contribution in [3.05, 3.63) is 71.9 Å². The number of nitrogens with one attached hydrogen (secondary N) is 2. The van der Waals surface area contributed by atoms with E-state index in [1.807, 2.05) is 30.3 Å². The first-order chi connectivity index (χ1) is 17.9. The Morgan fingerprint density at radius 1 is 1.14 bits per heavy atom. The monoisotopic (exact) mass is 520 g/mol. The molecule has 2 N–H and O–H groups in total. The number of aromatic nitrogens is 1. The first-order valence-electron chi connectivity index (χ1n) is 12.5. The fraction of sp³-hybridized carbons (Fsp3) is 0.345. The number of carbonyl (C=O) groups excluding carboxylic acids is 2. The van der Waals surface area contributed by atoms with Crippen LogP contribution >= 0.6 is 11.6 Å². The highest BCUT2D eigenvalue weighted by Gasteiger charge is 2.25. The smallest absolute Gasteiger partial charge is 0.270 e. The lowest BCUT2D eigenvalue weighted by molar-refractivity contribution is -0.111. The summed E-state index contributed by atoms with van der Waals surface area (Å²) in [4.78, 5) is 32.0. The van der Waals surface area contributed by atoms with Gasteiger partial charge in [0, 0.05) is 52.8 Å². The predicted octanol–water partition coefficient (Wildman–Crippen LogP) is 5.30. The van der Waals surface area contributed by atoms with E-state index in [0.29, 0.717) is 28.1 Å². The molecule has 8 heteroatoms. The largest absolute Gasteiger partial charge is 0.383 e. The third kappa shape index (κ3) is 6.55. The lowest BCUT2D eigenvalue weighted by Crippen LogP contribution is -2.43. The van der Waals surface area contributed by atoms with Gasteiger partial charge in [0.2, 0.25) is 5.91 Å². The molecule has 4 rings (SSSR count). The number of pyridine rings is 1. The number of methoxy groups -OCH3 is 1. The molecule has 3 aromatic rings. The van der Waals surface area contributed by atoms with Crippen molar-refractivity contribution in [2.45, 2.75) is 37.8 Å². The summed E-state index contributed by atoms with van der Waals surface area (Å²) in [6, 6.07) is 15.3.